The minimum Gasteiger partial charge on any atom is -0.324 e. The molecule has 5 heteroatoms. The van der Waals surface area contributed by atoms with Gasteiger partial charge in [0.25, 0.3) is 0 Å². The monoisotopic (exact) mass is 266 g/mol. The van der Waals surface area contributed by atoms with E-state index in [2.05, 4.69) is 26.0 Å². The summed E-state index contributed by atoms with van der Waals surface area (Å²) < 4.78 is 2.88. The van der Waals surface area contributed by atoms with Crippen LogP contribution >= 0.6 is 15.9 Å². The minimum atomic E-state index is 0.413. The fraction of sp³-hybridized carbons (Fsp3) is 0.200. The van der Waals surface area contributed by atoms with Crippen molar-refractivity contribution in [2.45, 2.75) is 13.1 Å². The fourth-order valence-corrected chi connectivity index (χ4v) is 1.61. The van der Waals surface area contributed by atoms with E-state index in [1.807, 2.05) is 28.9 Å². The molecule has 1 heterocycles. The van der Waals surface area contributed by atoms with Crippen molar-refractivity contribution in [2.75, 3.05) is 0 Å². The summed E-state index contributed by atoms with van der Waals surface area (Å²) in [6, 6.07) is 8.11. The Labute approximate surface area is 96.3 Å². The quantitative estimate of drug-likeness (QED) is 0.917. The van der Waals surface area contributed by atoms with Crippen molar-refractivity contribution < 1.29 is 0 Å². The summed E-state index contributed by atoms with van der Waals surface area (Å²) in [5, 5.41) is 4.12. The molecule has 2 rings (SSSR count). The molecule has 2 N–H and O–H groups in total. The van der Waals surface area contributed by atoms with E-state index in [1.54, 1.807) is 0 Å². The highest BCUT2D eigenvalue weighted by atomic mass is 79.9. The first kappa shape index (κ1) is 10.3. The molecule has 0 saturated carbocycles. The second kappa shape index (κ2) is 4.55. The van der Waals surface area contributed by atoms with Gasteiger partial charge in [-0.15, -0.1) is 0 Å². The number of rotatable bonds is 3. The van der Waals surface area contributed by atoms with Crippen molar-refractivity contribution in [3.8, 4) is 0 Å². The molecule has 0 amide bonds. The van der Waals surface area contributed by atoms with Crippen molar-refractivity contribution in [3.63, 3.8) is 0 Å². The van der Waals surface area contributed by atoms with Gasteiger partial charge >= 0.3 is 0 Å². The van der Waals surface area contributed by atoms with Gasteiger partial charge < -0.3 is 5.73 Å². The summed E-state index contributed by atoms with van der Waals surface area (Å²) in [7, 11) is 0. The van der Waals surface area contributed by atoms with E-state index in [4.69, 9.17) is 5.73 Å². The molecular weight excluding hydrogens is 256 g/mol. The molecule has 2 aromatic rings. The third-order valence-electron chi connectivity index (χ3n) is 2.12. The van der Waals surface area contributed by atoms with Gasteiger partial charge in [-0.05, 0) is 17.7 Å². The van der Waals surface area contributed by atoms with Crippen molar-refractivity contribution in [2.24, 2.45) is 5.73 Å². The fourth-order valence-electron chi connectivity index (χ4n) is 1.34. The molecule has 0 atom stereocenters. The van der Waals surface area contributed by atoms with E-state index in [0.717, 1.165) is 10.3 Å². The van der Waals surface area contributed by atoms with Gasteiger partial charge in [0, 0.05) is 4.47 Å². The molecule has 0 aliphatic heterocycles. The maximum absolute atomic E-state index is 5.54. The second-order valence-corrected chi connectivity index (χ2v) is 4.08. The van der Waals surface area contributed by atoms with Crippen LogP contribution in [0.1, 0.15) is 11.4 Å². The number of hydrogen-bond donors (Lipinski definition) is 1. The molecule has 0 bridgehead atoms. The molecule has 1 aromatic carbocycles. The highest BCUT2D eigenvalue weighted by Gasteiger charge is 2.02. The van der Waals surface area contributed by atoms with Crippen molar-refractivity contribution in [1.29, 1.82) is 0 Å². The van der Waals surface area contributed by atoms with E-state index in [9.17, 15) is 0 Å². The van der Waals surface area contributed by atoms with Crippen molar-refractivity contribution in [1.82, 2.24) is 14.8 Å². The summed E-state index contributed by atoms with van der Waals surface area (Å²) in [5.74, 6) is 0.804. The predicted octanol–water partition coefficient (Wildman–Crippen LogP) is 1.55. The maximum Gasteiger partial charge on any atom is 0.140 e. The van der Waals surface area contributed by atoms with Crippen LogP contribution in [0.4, 0.5) is 0 Å². The normalized spacial score (nSPS) is 10.5. The first-order valence-electron chi connectivity index (χ1n) is 4.61. The number of nitrogens with zero attached hydrogens (tertiary/aromatic N) is 3. The van der Waals surface area contributed by atoms with Gasteiger partial charge in [-0.3, -0.25) is 0 Å². The van der Waals surface area contributed by atoms with Crippen molar-refractivity contribution in [3.05, 3.63) is 46.5 Å². The van der Waals surface area contributed by atoms with Crippen LogP contribution in [0.5, 0.6) is 0 Å². The van der Waals surface area contributed by atoms with E-state index in [0.29, 0.717) is 13.1 Å². The van der Waals surface area contributed by atoms with Gasteiger partial charge in [0.15, 0.2) is 0 Å². The van der Waals surface area contributed by atoms with Crippen LogP contribution in [0.15, 0.2) is 35.1 Å². The summed E-state index contributed by atoms with van der Waals surface area (Å²) in [4.78, 5) is 4.07. The van der Waals surface area contributed by atoms with Crippen LogP contribution in [0, 0.1) is 0 Å². The van der Waals surface area contributed by atoms with Crippen LogP contribution in [0.2, 0.25) is 0 Å². The first-order valence-corrected chi connectivity index (χ1v) is 5.40. The molecule has 78 valence electrons. The Morgan fingerprint density at radius 1 is 1.27 bits per heavy atom. The number of nitrogens with two attached hydrogens (primary N) is 1. The lowest BCUT2D eigenvalue weighted by Gasteiger charge is -2.04. The summed E-state index contributed by atoms with van der Waals surface area (Å²) in [6.07, 6.45) is 1.53. The molecule has 0 radical (unpaired) electrons. The molecule has 0 aliphatic rings. The van der Waals surface area contributed by atoms with E-state index >= 15 is 0 Å². The zero-order valence-electron chi connectivity index (χ0n) is 8.10. The molecule has 15 heavy (non-hydrogen) atoms. The molecular formula is C10H11BrN4. The lowest BCUT2D eigenvalue weighted by molar-refractivity contribution is 0.639. The minimum absolute atomic E-state index is 0.413. The average molecular weight is 267 g/mol. The number of benzene rings is 1. The summed E-state index contributed by atoms with van der Waals surface area (Å²) >= 11 is 3.40. The van der Waals surface area contributed by atoms with Gasteiger partial charge in [-0.2, -0.15) is 5.10 Å². The highest BCUT2D eigenvalue weighted by Crippen LogP contribution is 2.11. The van der Waals surface area contributed by atoms with Gasteiger partial charge in [0.2, 0.25) is 0 Å². The molecule has 0 spiro atoms. The van der Waals surface area contributed by atoms with Crippen LogP contribution < -0.4 is 5.73 Å². The third kappa shape index (κ3) is 2.43. The highest BCUT2D eigenvalue weighted by molar-refractivity contribution is 9.10. The molecule has 1 aromatic heterocycles. The van der Waals surface area contributed by atoms with Crippen LogP contribution in [-0.4, -0.2) is 14.8 Å². The van der Waals surface area contributed by atoms with E-state index in [-0.39, 0.29) is 0 Å². The lowest BCUT2D eigenvalue weighted by atomic mass is 10.2. The molecule has 0 fully saturated rings. The largest absolute Gasteiger partial charge is 0.324 e. The summed E-state index contributed by atoms with van der Waals surface area (Å²) in [5.41, 5.74) is 6.72. The number of hydrogen-bond acceptors (Lipinski definition) is 3. The molecule has 4 nitrogen and oxygen atoms in total. The van der Waals surface area contributed by atoms with Gasteiger partial charge in [0.05, 0.1) is 13.1 Å². The Bertz CT molecular complexity index is 435. The Balaban J connectivity index is 2.18. The Kier molecular flexibility index (Phi) is 3.13. The number of halogens is 1. The molecule has 0 aliphatic carbocycles. The van der Waals surface area contributed by atoms with Crippen LogP contribution in [0.25, 0.3) is 0 Å². The zero-order chi connectivity index (χ0) is 10.7. The van der Waals surface area contributed by atoms with E-state index in [1.165, 1.54) is 11.9 Å². The maximum atomic E-state index is 5.54. The summed E-state index contributed by atoms with van der Waals surface area (Å²) in [6.45, 7) is 1.12. The van der Waals surface area contributed by atoms with Gasteiger partial charge in [-0.25, -0.2) is 9.67 Å². The Morgan fingerprint density at radius 2 is 2.00 bits per heavy atom. The van der Waals surface area contributed by atoms with Crippen molar-refractivity contribution >= 4 is 15.9 Å². The SMILES string of the molecule is NCc1ncnn1Cc1ccc(Br)cc1. The second-order valence-electron chi connectivity index (χ2n) is 3.16. The average Bonchev–Trinajstić information content (AvgIpc) is 2.69. The number of aromatic nitrogens is 3. The predicted molar refractivity (Wildman–Crippen MR) is 61.2 cm³/mol. The third-order valence-corrected chi connectivity index (χ3v) is 2.65. The smallest absolute Gasteiger partial charge is 0.140 e. The Hall–Kier alpha value is -1.20. The van der Waals surface area contributed by atoms with Gasteiger partial charge in [0.1, 0.15) is 12.2 Å². The molecule has 0 saturated heterocycles. The Morgan fingerprint density at radius 3 is 2.67 bits per heavy atom. The van der Waals surface area contributed by atoms with Crippen LogP contribution in [0.3, 0.4) is 0 Å². The zero-order valence-corrected chi connectivity index (χ0v) is 9.68. The van der Waals surface area contributed by atoms with E-state index < -0.39 is 0 Å². The van der Waals surface area contributed by atoms with Crippen LogP contribution in [-0.2, 0) is 13.1 Å². The van der Waals surface area contributed by atoms with Gasteiger partial charge in [-0.1, -0.05) is 28.1 Å². The standard InChI is InChI=1S/C10H11BrN4/c11-9-3-1-8(2-4-9)6-15-10(5-12)13-7-14-15/h1-4,7H,5-6,12H2. The first-order chi connectivity index (χ1) is 7.29. The molecule has 0 unspecified atom stereocenters. The lowest BCUT2D eigenvalue weighted by Crippen LogP contribution is -2.10. The topological polar surface area (TPSA) is 56.7 Å².